The van der Waals surface area contributed by atoms with Crippen LogP contribution >= 0.6 is 11.6 Å². The summed E-state index contributed by atoms with van der Waals surface area (Å²) < 4.78 is 16.0. The molecule has 0 unspecified atom stereocenters. The molecule has 8 nitrogen and oxygen atoms in total. The van der Waals surface area contributed by atoms with Gasteiger partial charge in [0.25, 0.3) is 5.91 Å². The Morgan fingerprint density at radius 2 is 1.35 bits per heavy atom. The summed E-state index contributed by atoms with van der Waals surface area (Å²) >= 11 is 5.78. The molecule has 176 valence electrons. The van der Waals surface area contributed by atoms with Crippen LogP contribution in [-0.2, 0) is 19.1 Å². The molecular weight excluding hydrogens is 460 g/mol. The highest BCUT2D eigenvalue weighted by Gasteiger charge is 2.11. The summed E-state index contributed by atoms with van der Waals surface area (Å²) in [5.74, 6) is 0.248. The highest BCUT2D eigenvalue weighted by molar-refractivity contribution is 6.30. The second-order valence-electron chi connectivity index (χ2n) is 7.04. The van der Waals surface area contributed by atoms with Crippen molar-refractivity contribution in [3.63, 3.8) is 0 Å². The number of hydrogen-bond donors (Lipinski definition) is 2. The minimum Gasteiger partial charge on any atom is -0.493 e. The van der Waals surface area contributed by atoms with Crippen molar-refractivity contribution in [3.05, 3.63) is 77.8 Å². The van der Waals surface area contributed by atoms with Crippen LogP contribution in [0.25, 0.3) is 0 Å². The Morgan fingerprint density at radius 3 is 2.00 bits per heavy atom. The Kier molecular flexibility index (Phi) is 8.88. The first-order valence-electron chi connectivity index (χ1n) is 10.3. The number of amides is 2. The van der Waals surface area contributed by atoms with Crippen molar-refractivity contribution in [2.45, 2.75) is 12.8 Å². The van der Waals surface area contributed by atoms with Gasteiger partial charge in [0.2, 0.25) is 5.91 Å². The van der Waals surface area contributed by atoms with E-state index in [1.54, 1.807) is 67.8 Å². The van der Waals surface area contributed by atoms with Gasteiger partial charge in [-0.25, -0.2) is 0 Å². The van der Waals surface area contributed by atoms with Crippen LogP contribution in [0.5, 0.6) is 17.2 Å². The Balaban J connectivity index is 1.38. The van der Waals surface area contributed by atoms with Crippen LogP contribution in [-0.4, -0.2) is 31.5 Å². The van der Waals surface area contributed by atoms with Gasteiger partial charge in [0, 0.05) is 22.8 Å². The van der Waals surface area contributed by atoms with Gasteiger partial charge < -0.3 is 24.8 Å². The highest BCUT2D eigenvalue weighted by atomic mass is 35.5. The van der Waals surface area contributed by atoms with Gasteiger partial charge in [0.05, 0.1) is 13.5 Å². The molecule has 0 saturated carbocycles. The fourth-order valence-corrected chi connectivity index (χ4v) is 2.95. The molecule has 0 atom stereocenters. The van der Waals surface area contributed by atoms with Crippen molar-refractivity contribution in [2.24, 2.45) is 0 Å². The molecule has 2 amide bonds. The molecule has 34 heavy (non-hydrogen) atoms. The second kappa shape index (κ2) is 12.3. The molecule has 0 aliphatic rings. The molecule has 0 radical (unpaired) electrons. The smallest absolute Gasteiger partial charge is 0.306 e. The number of methoxy groups -OCH3 is 1. The standard InChI is InChI=1S/C25H23ClN2O6/c1-32-21-4-2-3-5-22(21)34-20-12-10-19(11-13-20)27-23(29)14-15-25(31)33-16-24(30)28-18-8-6-17(26)7-9-18/h2-13H,14-16H2,1H3,(H,27,29)(H,28,30). The Morgan fingerprint density at radius 1 is 0.765 bits per heavy atom. The summed E-state index contributed by atoms with van der Waals surface area (Å²) in [5.41, 5.74) is 1.08. The number of benzene rings is 3. The number of hydrogen-bond acceptors (Lipinski definition) is 6. The summed E-state index contributed by atoms with van der Waals surface area (Å²) in [6, 6.07) is 20.5. The van der Waals surface area contributed by atoms with Gasteiger partial charge in [-0.3, -0.25) is 14.4 Å². The molecule has 0 aliphatic carbocycles. The normalized spacial score (nSPS) is 10.2. The summed E-state index contributed by atoms with van der Waals surface area (Å²) in [7, 11) is 1.56. The molecular formula is C25H23ClN2O6. The van der Waals surface area contributed by atoms with E-state index in [0.29, 0.717) is 33.6 Å². The maximum absolute atomic E-state index is 12.1. The zero-order chi connectivity index (χ0) is 24.3. The van der Waals surface area contributed by atoms with Crippen LogP contribution in [0.3, 0.4) is 0 Å². The minimum absolute atomic E-state index is 0.0862. The number of carbonyl (C=O) groups excluding carboxylic acids is 3. The van der Waals surface area contributed by atoms with Crippen molar-refractivity contribution in [3.8, 4) is 17.2 Å². The Hall–Kier alpha value is -4.04. The van der Waals surface area contributed by atoms with Crippen LogP contribution in [0.15, 0.2) is 72.8 Å². The number of rotatable bonds is 10. The average molecular weight is 483 g/mol. The first-order chi connectivity index (χ1) is 16.4. The zero-order valence-electron chi connectivity index (χ0n) is 18.4. The van der Waals surface area contributed by atoms with Crippen molar-refractivity contribution in [2.75, 3.05) is 24.4 Å². The molecule has 9 heteroatoms. The van der Waals surface area contributed by atoms with E-state index in [1.165, 1.54) is 0 Å². The van der Waals surface area contributed by atoms with E-state index in [2.05, 4.69) is 10.6 Å². The molecule has 0 aromatic heterocycles. The van der Waals surface area contributed by atoms with Crippen molar-refractivity contribution < 1.29 is 28.6 Å². The molecule has 2 N–H and O–H groups in total. The van der Waals surface area contributed by atoms with Gasteiger partial charge in [0.1, 0.15) is 5.75 Å². The van der Waals surface area contributed by atoms with E-state index in [4.69, 9.17) is 25.8 Å². The lowest BCUT2D eigenvalue weighted by Gasteiger charge is -2.11. The predicted molar refractivity (Wildman–Crippen MR) is 128 cm³/mol. The fraction of sp³-hybridized carbons (Fsp3) is 0.160. The number of para-hydroxylation sites is 2. The van der Waals surface area contributed by atoms with Gasteiger partial charge in [0.15, 0.2) is 18.1 Å². The summed E-state index contributed by atoms with van der Waals surface area (Å²) in [6.45, 7) is -0.448. The van der Waals surface area contributed by atoms with Crippen LogP contribution in [0.2, 0.25) is 5.02 Å². The molecule has 3 aromatic carbocycles. The van der Waals surface area contributed by atoms with Crippen LogP contribution in [0.4, 0.5) is 11.4 Å². The van der Waals surface area contributed by atoms with E-state index in [0.717, 1.165) is 0 Å². The van der Waals surface area contributed by atoms with E-state index >= 15 is 0 Å². The summed E-state index contributed by atoms with van der Waals surface area (Å²) in [5, 5.41) is 5.81. The third kappa shape index (κ3) is 7.83. The maximum Gasteiger partial charge on any atom is 0.306 e. The maximum atomic E-state index is 12.1. The zero-order valence-corrected chi connectivity index (χ0v) is 19.1. The number of anilines is 2. The number of nitrogens with one attached hydrogen (secondary N) is 2. The van der Waals surface area contributed by atoms with Crippen LogP contribution in [0, 0.1) is 0 Å². The Bertz CT molecular complexity index is 1130. The molecule has 0 heterocycles. The molecule has 0 bridgehead atoms. The second-order valence-corrected chi connectivity index (χ2v) is 7.48. The first-order valence-corrected chi connectivity index (χ1v) is 10.7. The van der Waals surface area contributed by atoms with Gasteiger partial charge in [-0.1, -0.05) is 23.7 Å². The molecule has 0 spiro atoms. The summed E-state index contributed by atoms with van der Waals surface area (Å²) in [6.07, 6.45) is -0.244. The van der Waals surface area contributed by atoms with Crippen molar-refractivity contribution in [1.29, 1.82) is 0 Å². The minimum atomic E-state index is -0.651. The molecule has 3 rings (SSSR count). The van der Waals surface area contributed by atoms with E-state index in [1.807, 2.05) is 12.1 Å². The topological polar surface area (TPSA) is 103 Å². The summed E-state index contributed by atoms with van der Waals surface area (Å²) in [4.78, 5) is 35.8. The molecule has 0 aliphatic heterocycles. The quantitative estimate of drug-likeness (QED) is 0.392. The van der Waals surface area contributed by atoms with E-state index < -0.39 is 18.5 Å². The average Bonchev–Trinajstić information content (AvgIpc) is 2.84. The van der Waals surface area contributed by atoms with Gasteiger partial charge in [-0.15, -0.1) is 0 Å². The lowest BCUT2D eigenvalue weighted by molar-refractivity contribution is -0.147. The van der Waals surface area contributed by atoms with Crippen molar-refractivity contribution >= 4 is 40.8 Å². The number of esters is 1. The van der Waals surface area contributed by atoms with Gasteiger partial charge in [-0.05, 0) is 60.7 Å². The largest absolute Gasteiger partial charge is 0.493 e. The number of carbonyl (C=O) groups is 3. The van der Waals surface area contributed by atoms with Crippen LogP contribution < -0.4 is 20.1 Å². The van der Waals surface area contributed by atoms with E-state index in [9.17, 15) is 14.4 Å². The third-order valence-electron chi connectivity index (χ3n) is 4.48. The molecule has 0 saturated heterocycles. The molecule has 0 fully saturated rings. The Labute approximate surface area is 201 Å². The van der Waals surface area contributed by atoms with E-state index in [-0.39, 0.29) is 18.7 Å². The highest BCUT2D eigenvalue weighted by Crippen LogP contribution is 2.31. The monoisotopic (exact) mass is 482 g/mol. The first kappa shape index (κ1) is 24.6. The SMILES string of the molecule is COc1ccccc1Oc1ccc(NC(=O)CCC(=O)OCC(=O)Nc2ccc(Cl)cc2)cc1. The lowest BCUT2D eigenvalue weighted by Crippen LogP contribution is -2.21. The van der Waals surface area contributed by atoms with Crippen LogP contribution in [0.1, 0.15) is 12.8 Å². The molecule has 3 aromatic rings. The fourth-order valence-electron chi connectivity index (χ4n) is 2.82. The third-order valence-corrected chi connectivity index (χ3v) is 4.74. The predicted octanol–water partition coefficient (Wildman–Crippen LogP) is 5.04. The number of ether oxygens (including phenoxy) is 3. The lowest BCUT2D eigenvalue weighted by atomic mass is 10.2. The number of halogens is 1. The van der Waals surface area contributed by atoms with Gasteiger partial charge >= 0.3 is 5.97 Å². The van der Waals surface area contributed by atoms with Crippen molar-refractivity contribution in [1.82, 2.24) is 0 Å². The van der Waals surface area contributed by atoms with Gasteiger partial charge in [-0.2, -0.15) is 0 Å².